The van der Waals surface area contributed by atoms with Crippen LogP contribution in [0, 0.1) is 6.92 Å². The number of amides is 3. The van der Waals surface area contributed by atoms with Gasteiger partial charge in [0.15, 0.2) is 0 Å². The summed E-state index contributed by atoms with van der Waals surface area (Å²) in [4.78, 5) is 48.8. The zero-order chi connectivity index (χ0) is 42.1. The standard InChI is InChI=1S/C45H65N3O8Si/c1-29-31(15-14-16-37(29)53-24-23-52-13)26-47(33-21-22-33)39(49)38-35(30-17-19-32(20-18-30)45(11,12)56-57-44(8,9)10)25-34-27-46(40(50)54-42(2,3)4)28-36(38)48(34)41(51)55-43(5,6)7/h14-20,33-34,36H,21-28H2,1-13H3. The number of carbonyl (C=O) groups excluding carboxylic acids is 3. The van der Waals surface area contributed by atoms with E-state index in [1.807, 2.05) is 71.6 Å². The van der Waals surface area contributed by atoms with Gasteiger partial charge in [0.1, 0.15) is 23.6 Å². The number of fused-ring (bicyclic) bond motifs is 2. The molecule has 2 heterocycles. The number of hydrogen-bond acceptors (Lipinski definition) is 8. The van der Waals surface area contributed by atoms with E-state index in [2.05, 4.69) is 58.9 Å². The summed E-state index contributed by atoms with van der Waals surface area (Å²) >= 11 is 0. The molecule has 2 aliphatic heterocycles. The second-order valence-corrected chi connectivity index (χ2v) is 21.0. The van der Waals surface area contributed by atoms with Crippen molar-refractivity contribution in [3.8, 4) is 5.75 Å². The molecule has 12 heteroatoms. The van der Waals surface area contributed by atoms with Crippen LogP contribution in [0.5, 0.6) is 5.75 Å². The molecule has 1 saturated heterocycles. The number of ether oxygens (including phenoxy) is 4. The van der Waals surface area contributed by atoms with Gasteiger partial charge in [-0.25, -0.2) is 9.59 Å². The Hall–Kier alpha value is -3.87. The predicted octanol–water partition coefficient (Wildman–Crippen LogP) is 8.68. The molecule has 2 unspecified atom stereocenters. The lowest BCUT2D eigenvalue weighted by atomic mass is 9.81. The van der Waals surface area contributed by atoms with Crippen LogP contribution < -0.4 is 4.74 Å². The Balaban J connectivity index is 1.62. The minimum atomic E-state index is -0.777. The van der Waals surface area contributed by atoms with Crippen LogP contribution in [-0.4, -0.2) is 105 Å². The number of carbonyl (C=O) groups is 3. The van der Waals surface area contributed by atoms with Gasteiger partial charge in [0.2, 0.25) is 9.76 Å². The first-order chi connectivity index (χ1) is 26.5. The number of nitrogens with zero attached hydrogens (tertiary/aromatic N) is 3. The Bertz CT molecular complexity index is 1800. The zero-order valence-corrected chi connectivity index (χ0v) is 37.5. The SMILES string of the molecule is COCCOc1cccc(CN(C(=O)C2=C(c3ccc(C(C)(C)O[Si]C(C)(C)C)cc3)CC3CN(C(=O)OC(C)(C)C)CC2N3C(=O)OC(C)(C)C)C2CC2)c1C. The van der Waals surface area contributed by atoms with Crippen LogP contribution in [-0.2, 0) is 35.6 Å². The Kier molecular flexibility index (Phi) is 13.3. The molecule has 1 aliphatic carbocycles. The highest BCUT2D eigenvalue weighted by molar-refractivity contribution is 6.31. The molecular formula is C45H65N3O8Si. The second kappa shape index (κ2) is 17.2. The Labute approximate surface area is 343 Å². The number of piperazine rings is 1. The van der Waals surface area contributed by atoms with Gasteiger partial charge in [-0.3, -0.25) is 9.69 Å². The van der Waals surface area contributed by atoms with Gasteiger partial charge in [0, 0.05) is 38.4 Å². The molecule has 2 aromatic rings. The first-order valence-electron chi connectivity index (χ1n) is 20.3. The average molecular weight is 804 g/mol. The maximum atomic E-state index is 15.5. The number of rotatable bonds is 12. The van der Waals surface area contributed by atoms with Crippen LogP contribution >= 0.6 is 0 Å². The topological polar surface area (TPSA) is 107 Å². The Morgan fingerprint density at radius 1 is 0.825 bits per heavy atom. The third kappa shape index (κ3) is 11.4. The van der Waals surface area contributed by atoms with Crippen LogP contribution in [0.1, 0.15) is 118 Å². The summed E-state index contributed by atoms with van der Waals surface area (Å²) in [7, 11) is 1.96. The summed E-state index contributed by atoms with van der Waals surface area (Å²) in [6.45, 7) is 25.3. The summed E-state index contributed by atoms with van der Waals surface area (Å²) in [6.07, 6.45) is 1.13. The van der Waals surface area contributed by atoms with Crippen molar-refractivity contribution in [2.24, 2.45) is 0 Å². The number of methoxy groups -OCH3 is 1. The molecule has 2 fully saturated rings. The molecule has 1 saturated carbocycles. The first kappa shape index (κ1) is 44.2. The van der Waals surface area contributed by atoms with Gasteiger partial charge in [-0.15, -0.1) is 0 Å². The van der Waals surface area contributed by atoms with Crippen LogP contribution in [0.15, 0.2) is 48.0 Å². The van der Waals surface area contributed by atoms with Gasteiger partial charge in [0.25, 0.3) is 5.91 Å². The van der Waals surface area contributed by atoms with E-state index in [1.54, 1.807) is 16.9 Å². The monoisotopic (exact) mass is 803 g/mol. The molecule has 2 radical (unpaired) electrons. The highest BCUT2D eigenvalue weighted by Gasteiger charge is 2.51. The predicted molar refractivity (Wildman–Crippen MR) is 223 cm³/mol. The van der Waals surface area contributed by atoms with Crippen LogP contribution in [0.2, 0.25) is 5.04 Å². The van der Waals surface area contributed by atoms with Gasteiger partial charge < -0.3 is 33.2 Å². The molecule has 2 atom stereocenters. The molecule has 2 bridgehead atoms. The molecule has 312 valence electrons. The Morgan fingerprint density at radius 3 is 2.04 bits per heavy atom. The van der Waals surface area contributed by atoms with Gasteiger partial charge in [0.05, 0.1) is 24.3 Å². The van der Waals surface area contributed by atoms with Crippen molar-refractivity contribution in [1.82, 2.24) is 14.7 Å². The van der Waals surface area contributed by atoms with Gasteiger partial charge in [-0.2, -0.15) is 0 Å². The average Bonchev–Trinajstić information content (AvgIpc) is 3.94. The number of hydrogen-bond donors (Lipinski definition) is 0. The molecular weight excluding hydrogens is 739 g/mol. The minimum absolute atomic E-state index is 0.0333. The third-order valence-corrected chi connectivity index (χ3v) is 11.4. The van der Waals surface area contributed by atoms with Gasteiger partial charge in [-0.05, 0) is 121 Å². The van der Waals surface area contributed by atoms with E-state index in [9.17, 15) is 9.59 Å². The molecule has 0 spiro atoms. The zero-order valence-electron chi connectivity index (χ0n) is 36.5. The van der Waals surface area contributed by atoms with Gasteiger partial charge in [-0.1, -0.05) is 57.2 Å². The van der Waals surface area contributed by atoms with E-state index in [0.29, 0.717) is 41.5 Å². The van der Waals surface area contributed by atoms with E-state index < -0.39 is 41.1 Å². The largest absolute Gasteiger partial charge is 0.491 e. The summed E-state index contributed by atoms with van der Waals surface area (Å²) in [5.41, 5.74) is 3.24. The quantitative estimate of drug-likeness (QED) is 0.155. The fourth-order valence-corrected chi connectivity index (χ4v) is 7.92. The van der Waals surface area contributed by atoms with E-state index in [1.165, 1.54) is 0 Å². The molecule has 3 amide bonds. The van der Waals surface area contributed by atoms with Crippen LogP contribution in [0.25, 0.3) is 5.57 Å². The van der Waals surface area contributed by atoms with E-state index in [-0.39, 0.29) is 30.1 Å². The van der Waals surface area contributed by atoms with Crippen molar-refractivity contribution < 1.29 is 37.8 Å². The van der Waals surface area contributed by atoms with Crippen molar-refractivity contribution in [2.75, 3.05) is 33.4 Å². The molecule has 11 nitrogen and oxygen atoms in total. The smallest absolute Gasteiger partial charge is 0.411 e. The molecule has 3 aliphatic rings. The molecule has 0 N–H and O–H groups in total. The summed E-state index contributed by atoms with van der Waals surface area (Å²) in [6, 6.07) is 13.0. The van der Waals surface area contributed by atoms with Crippen LogP contribution in [0.3, 0.4) is 0 Å². The number of benzene rings is 2. The maximum absolute atomic E-state index is 15.5. The third-order valence-electron chi connectivity index (χ3n) is 10.2. The second-order valence-electron chi connectivity index (χ2n) is 19.1. The lowest BCUT2D eigenvalue weighted by Gasteiger charge is -2.51. The van der Waals surface area contributed by atoms with Crippen molar-refractivity contribution >= 4 is 33.4 Å². The van der Waals surface area contributed by atoms with Crippen molar-refractivity contribution in [2.45, 2.75) is 149 Å². The van der Waals surface area contributed by atoms with Crippen LogP contribution in [0.4, 0.5) is 9.59 Å². The summed E-state index contributed by atoms with van der Waals surface area (Å²) in [5, 5.41) is 0.0364. The van der Waals surface area contributed by atoms with Gasteiger partial charge >= 0.3 is 12.2 Å². The van der Waals surface area contributed by atoms with Crippen molar-refractivity contribution in [3.05, 3.63) is 70.3 Å². The Morgan fingerprint density at radius 2 is 1.46 bits per heavy atom. The molecule has 57 heavy (non-hydrogen) atoms. The minimum Gasteiger partial charge on any atom is -0.491 e. The van der Waals surface area contributed by atoms with E-state index in [4.69, 9.17) is 23.4 Å². The molecule has 0 aromatic heterocycles. The van der Waals surface area contributed by atoms with Crippen molar-refractivity contribution in [3.63, 3.8) is 0 Å². The highest BCUT2D eigenvalue weighted by Crippen LogP contribution is 2.43. The van der Waals surface area contributed by atoms with E-state index >= 15 is 4.79 Å². The first-order valence-corrected chi connectivity index (χ1v) is 21.2. The summed E-state index contributed by atoms with van der Waals surface area (Å²) in [5.74, 6) is 0.597. The molecule has 2 aromatic carbocycles. The maximum Gasteiger partial charge on any atom is 0.411 e. The fourth-order valence-electron chi connectivity index (χ4n) is 7.25. The fraction of sp³-hybridized carbons (Fsp3) is 0.622. The summed E-state index contributed by atoms with van der Waals surface area (Å²) < 4.78 is 29.5. The lowest BCUT2D eigenvalue weighted by Crippen LogP contribution is -2.66. The molecule has 5 rings (SSSR count). The van der Waals surface area contributed by atoms with Crippen molar-refractivity contribution in [1.29, 1.82) is 0 Å². The van der Waals surface area contributed by atoms with E-state index in [0.717, 1.165) is 46.4 Å². The lowest BCUT2D eigenvalue weighted by molar-refractivity contribution is -0.129. The normalized spacial score (nSPS) is 19.0. The highest BCUT2D eigenvalue weighted by atomic mass is 28.2.